The third-order valence-electron chi connectivity index (χ3n) is 20.9. The lowest BCUT2D eigenvalue weighted by atomic mass is 9.42. The Morgan fingerprint density at radius 3 is 1.27 bits per heavy atom. The number of carbonyl (C=O) groups is 3. The van der Waals surface area contributed by atoms with Crippen LogP contribution < -0.4 is 11.1 Å². The Morgan fingerprint density at radius 2 is 0.929 bits per heavy atom. The summed E-state index contributed by atoms with van der Waals surface area (Å²) < 4.78 is 7.91. The van der Waals surface area contributed by atoms with E-state index >= 15 is 0 Å². The second-order valence-corrected chi connectivity index (χ2v) is 27.7. The van der Waals surface area contributed by atoms with Crippen LogP contribution >= 0.6 is 57.4 Å². The van der Waals surface area contributed by atoms with Crippen LogP contribution in [0.5, 0.6) is 0 Å². The van der Waals surface area contributed by atoms with Crippen LogP contribution in [0, 0.1) is 51.8 Å². The van der Waals surface area contributed by atoms with Crippen molar-refractivity contribution >= 4 is 81.6 Å². The van der Waals surface area contributed by atoms with Crippen LogP contribution in [0.1, 0.15) is 150 Å². The lowest BCUT2D eigenvalue weighted by Gasteiger charge is -2.61. The van der Waals surface area contributed by atoms with Crippen LogP contribution in [0.3, 0.4) is 0 Å². The van der Waals surface area contributed by atoms with E-state index in [4.69, 9.17) is 51.8 Å². The molecule has 6 unspecified atom stereocenters. The zero-order valence-corrected chi connectivity index (χ0v) is 51.9. The molecule has 1 amide bonds. The van der Waals surface area contributed by atoms with Crippen molar-refractivity contribution in [2.24, 2.45) is 57.5 Å². The highest BCUT2D eigenvalue weighted by Crippen LogP contribution is 2.68. The number of carbonyl (C=O) groups excluding carboxylic acids is 2. The number of nitrogens with zero attached hydrogens (tertiary/aromatic N) is 4. The van der Waals surface area contributed by atoms with Crippen molar-refractivity contribution in [1.82, 2.24) is 24.8 Å². The van der Waals surface area contributed by atoms with Crippen LogP contribution in [-0.2, 0) is 43.7 Å². The van der Waals surface area contributed by atoms with Gasteiger partial charge in [-0.05, 0) is 261 Å². The van der Waals surface area contributed by atoms with Crippen LogP contribution in [-0.4, -0.2) is 58.9 Å². The fourth-order valence-corrected chi connectivity index (χ4v) is 19.4. The molecular weight excluding hydrogens is 1230 g/mol. The van der Waals surface area contributed by atoms with Gasteiger partial charge in [0.2, 0.25) is 11.8 Å². The van der Waals surface area contributed by atoms with Crippen LogP contribution in [0.15, 0.2) is 141 Å². The van der Waals surface area contributed by atoms with Gasteiger partial charge in [-0.1, -0.05) is 93.8 Å². The number of carboxylic acid groups (broad SMARTS) is 1. The Kier molecular flexibility index (Phi) is 18.7. The molecule has 6 atom stereocenters. The monoisotopic (exact) mass is 1310 g/mol. The molecule has 12 aliphatic rings. The number of hydrogen-bond donors (Lipinski definition) is 4. The molecule has 0 radical (unpaired) electrons. The number of halogens is 4. The lowest BCUT2D eigenvalue weighted by molar-refractivity contribution is -0.167. The minimum Gasteiger partial charge on any atom is -0.481 e. The first kappa shape index (κ1) is 60.4. The van der Waals surface area contributed by atoms with Crippen molar-refractivity contribution in [2.75, 3.05) is 4.91 Å². The number of amides is 1. The van der Waals surface area contributed by atoms with Crippen molar-refractivity contribution in [3.05, 3.63) is 183 Å². The number of aliphatic carboxylic acids is 1. The molecule has 12 aliphatic carbocycles. The first-order chi connectivity index (χ1) is 40.9. The van der Waals surface area contributed by atoms with Gasteiger partial charge in [-0.15, -0.1) is 0 Å². The Balaban J connectivity index is 0.000000128. The summed E-state index contributed by atoms with van der Waals surface area (Å²) >= 11 is 20.2. The second-order valence-electron chi connectivity index (χ2n) is 26.4. The highest BCUT2D eigenvalue weighted by atomic mass is 127. The van der Waals surface area contributed by atoms with E-state index in [1.807, 2.05) is 83.3 Å². The smallest absolute Gasteiger partial charge is 0.481 e. The molecule has 12 fully saturated rings. The van der Waals surface area contributed by atoms with Gasteiger partial charge >= 0.3 is 12.4 Å². The molecule has 3 aromatic heterocycles. The van der Waals surface area contributed by atoms with Crippen molar-refractivity contribution in [1.29, 1.82) is 0 Å². The fourth-order valence-electron chi connectivity index (χ4n) is 19.0. The van der Waals surface area contributed by atoms with E-state index < -0.39 is 11.4 Å². The highest BCUT2D eigenvalue weighted by molar-refractivity contribution is 14.1. The summed E-state index contributed by atoms with van der Waals surface area (Å²) in [4.78, 5) is 59.2. The largest absolute Gasteiger partial charge is 0.794 e. The molecule has 5 N–H and O–H groups in total. The van der Waals surface area contributed by atoms with Crippen LogP contribution in [0.2, 0.25) is 15.1 Å². The maximum Gasteiger partial charge on any atom is 0.794 e. The number of carboxylic acids is 1. The number of rotatable bonds is 9. The van der Waals surface area contributed by atoms with E-state index in [2.05, 4.69) is 56.7 Å². The predicted octanol–water partition coefficient (Wildman–Crippen LogP) is 15.1. The number of hydrogen-bond acceptors (Lipinski definition) is 8. The van der Waals surface area contributed by atoms with Gasteiger partial charge in [0.25, 0.3) is 0 Å². The number of imidazole rings is 1. The maximum absolute atomic E-state index is 13.3. The minimum atomic E-state index is -0.565. The molecule has 18 rings (SSSR count). The molecule has 442 valence electrons. The average Bonchev–Trinajstić information content (AvgIpc) is 0.957. The maximum atomic E-state index is 13.3. The number of aromatic nitrogens is 4. The molecular formula is C68H77Cl3IN6O6+. The number of pyridine rings is 2. The first-order valence-corrected chi connectivity index (χ1v) is 32.3. The molecule has 3 aromatic carbocycles. The quantitative estimate of drug-likeness (QED) is 0.0616. The molecule has 84 heavy (non-hydrogen) atoms. The fraction of sp³-hybridized carbons (Fsp3) is 0.485. The van der Waals surface area contributed by atoms with Gasteiger partial charge in [-0.3, -0.25) is 28.9 Å². The SMILES string of the molecule is NCc1ccncc1.O=C(NCc1ccncc1)C12CC3CC(C1)CC(c1ccc(Cl)cc1)(C3)C2.O=C(O)C12CC3CC(C1)CC(c1ccc(Cl)cc1)(C3)C2.O=C(n1ccnc1)C12CC3CC(C1)CC(c1ccc(Cl)cc1)(C3)C2.O=[C+]O.[2H]CI. The molecule has 12 bridgehead atoms. The summed E-state index contributed by atoms with van der Waals surface area (Å²) in [5.41, 5.74) is 11.2. The van der Waals surface area contributed by atoms with E-state index in [1.54, 1.807) is 48.1 Å². The topological polar surface area (TPSA) is 190 Å². The van der Waals surface area contributed by atoms with Gasteiger partial charge in [0.05, 0.1) is 21.0 Å². The number of benzene rings is 3. The van der Waals surface area contributed by atoms with Gasteiger partial charge in [0.15, 0.2) is 0 Å². The molecule has 0 spiro atoms. The van der Waals surface area contributed by atoms with E-state index in [0.717, 1.165) is 84.0 Å². The number of nitrogens with two attached hydrogens (primary N) is 1. The van der Waals surface area contributed by atoms with Crippen LogP contribution in [0.25, 0.3) is 0 Å². The third kappa shape index (κ3) is 12.9. The Bertz CT molecular complexity index is 3190. The summed E-state index contributed by atoms with van der Waals surface area (Å²) in [5, 5.41) is 22.1. The zero-order chi connectivity index (χ0) is 60.0. The van der Waals surface area contributed by atoms with Gasteiger partial charge in [-0.25, -0.2) is 10.1 Å². The van der Waals surface area contributed by atoms with Gasteiger partial charge in [-0.2, -0.15) is 0 Å². The molecule has 12 nitrogen and oxygen atoms in total. The first-order valence-electron chi connectivity index (χ1n) is 30.3. The number of nitrogens with one attached hydrogen (secondary N) is 1. The third-order valence-corrected chi connectivity index (χ3v) is 21.6. The van der Waals surface area contributed by atoms with Crippen molar-refractivity contribution < 1.29 is 30.8 Å². The van der Waals surface area contributed by atoms with E-state index in [0.29, 0.717) is 60.0 Å². The molecule has 3 heterocycles. The molecule has 16 heteroatoms. The minimum absolute atomic E-state index is 0.0903. The molecule has 12 saturated carbocycles. The standard InChI is InChI=1S/C23H25ClN2O.C20H21ClN2O.C17H19ClO2.C6H8N2.CH3I.CHO2/c24-20-3-1-19(2-4-20)22-10-17-9-18(11-22)13-23(12-17,15-22)21(27)26-14-16-5-7-25-8-6-16;21-17-3-1-16(2-4-17)19-8-14-7-15(9-19)11-20(10-14,12-19)18(24)23-6-5-22-13-23;18-14-3-1-13(2-4-14)16-6-11-5-12(7-16)9-17(8-11,10-16)15(19)20;7-5-6-1-3-8-4-2-6;1-2;2-1-3/h1-8,17-18H,9-15H2,(H,26,27);1-6,13-15H,7-12H2;1-4,11-12H,5-10H2,(H,19,20);1-4H,5,7H2;1H3;(H,2,3)/q;;;;;+1/i;;;;1D;. The summed E-state index contributed by atoms with van der Waals surface area (Å²) in [5.74, 6) is 3.85. The summed E-state index contributed by atoms with van der Waals surface area (Å²) in [6, 6.07) is 32.6. The van der Waals surface area contributed by atoms with Gasteiger partial charge in [0.1, 0.15) is 6.33 Å². The second kappa shape index (κ2) is 26.0. The molecule has 6 aromatic rings. The summed E-state index contributed by atoms with van der Waals surface area (Å²) in [7, 11) is 0. The van der Waals surface area contributed by atoms with E-state index in [-0.39, 0.29) is 38.9 Å². The zero-order valence-electron chi connectivity index (χ0n) is 48.5. The van der Waals surface area contributed by atoms with Crippen LogP contribution in [0.4, 0.5) is 0 Å². The van der Waals surface area contributed by atoms with E-state index in [1.165, 1.54) is 74.5 Å². The van der Waals surface area contributed by atoms with Gasteiger partial charge < -0.3 is 16.2 Å². The Morgan fingerprint density at radius 1 is 0.583 bits per heavy atom. The number of alkyl halides is 1. The molecule has 0 aliphatic heterocycles. The van der Waals surface area contributed by atoms with Crippen molar-refractivity contribution in [3.8, 4) is 0 Å². The highest BCUT2D eigenvalue weighted by Gasteiger charge is 2.64. The average molecular weight is 1310 g/mol. The lowest BCUT2D eigenvalue weighted by Crippen LogP contribution is -2.59. The van der Waals surface area contributed by atoms with Crippen molar-refractivity contribution in [2.45, 2.75) is 145 Å². The summed E-state index contributed by atoms with van der Waals surface area (Å²) in [6.45, 7) is 1.69. The summed E-state index contributed by atoms with van der Waals surface area (Å²) in [6.07, 6.45) is 32.1. The van der Waals surface area contributed by atoms with Crippen molar-refractivity contribution in [3.63, 3.8) is 0 Å². The van der Waals surface area contributed by atoms with E-state index in [9.17, 15) is 19.5 Å². The molecule has 0 saturated heterocycles. The predicted molar refractivity (Wildman–Crippen MR) is 338 cm³/mol. The Hall–Kier alpha value is -5.28. The normalized spacial score (nSPS) is 32.6. The van der Waals surface area contributed by atoms with Gasteiger partial charge in [0, 0.05) is 66.7 Å². The number of aliphatic hydroxyl groups excluding tert-OH is 1. The Labute approximate surface area is 524 Å².